The summed E-state index contributed by atoms with van der Waals surface area (Å²) in [7, 11) is 0. The highest BCUT2D eigenvalue weighted by atomic mass is 127. The topological polar surface area (TPSA) is 137 Å². The minimum Gasteiger partial charge on any atom is -0.394 e. The van der Waals surface area contributed by atoms with Crippen molar-refractivity contribution in [1.29, 1.82) is 0 Å². The van der Waals surface area contributed by atoms with E-state index in [1.165, 1.54) is 10.8 Å². The van der Waals surface area contributed by atoms with Crippen molar-refractivity contribution in [2.75, 3.05) is 12.1 Å². The highest BCUT2D eigenvalue weighted by Crippen LogP contribution is 2.30. The first kappa shape index (κ1) is 14.6. The Hall–Kier alpha value is -0.790. The Morgan fingerprint density at radius 2 is 2.16 bits per heavy atom. The zero-order chi connectivity index (χ0) is 14.2. The summed E-state index contributed by atoms with van der Waals surface area (Å²) in [4.78, 5) is 14.9. The Morgan fingerprint density at radius 1 is 1.47 bits per heavy atom. The maximum Gasteiger partial charge on any atom is 0.287 e. The molecule has 1 aliphatic heterocycles. The molecule has 4 atom stereocenters. The van der Waals surface area contributed by atoms with Crippen LogP contribution in [0.3, 0.4) is 0 Å². The van der Waals surface area contributed by atoms with Crippen LogP contribution in [-0.4, -0.2) is 55.0 Å². The van der Waals surface area contributed by atoms with E-state index < -0.39 is 36.7 Å². The number of aliphatic hydroxyl groups is 3. The molecule has 1 fully saturated rings. The van der Waals surface area contributed by atoms with Gasteiger partial charge in [-0.15, -0.1) is 0 Å². The summed E-state index contributed by atoms with van der Waals surface area (Å²) in [6, 6.07) is 0. The lowest BCUT2D eigenvalue weighted by molar-refractivity contribution is -0.0529. The molecule has 1 saturated heterocycles. The number of anilines is 1. The minimum absolute atomic E-state index is 0.236. The summed E-state index contributed by atoms with van der Waals surface area (Å²) in [5, 5.41) is 37.5. The summed E-state index contributed by atoms with van der Waals surface area (Å²) in [5.41, 5.74) is 1.17. The Kier molecular flexibility index (Phi) is 4.37. The number of hydrogen-bond acceptors (Lipinski definition) is 8. The fourth-order valence-corrected chi connectivity index (χ4v) is 2.25. The summed E-state index contributed by atoms with van der Waals surface area (Å²) in [6.07, 6.45) is -3.33. The molecule has 9 nitrogen and oxygen atoms in total. The van der Waals surface area contributed by atoms with Crippen LogP contribution >= 0.6 is 22.6 Å². The van der Waals surface area contributed by atoms with Gasteiger partial charge in [0, 0.05) is 6.20 Å². The lowest BCUT2D eigenvalue weighted by Crippen LogP contribution is -2.33. The smallest absolute Gasteiger partial charge is 0.287 e. The molecule has 1 aromatic rings. The van der Waals surface area contributed by atoms with Crippen molar-refractivity contribution in [2.45, 2.75) is 24.5 Å². The molecule has 0 aromatic carbocycles. The lowest BCUT2D eigenvalue weighted by atomic mass is 10.1. The van der Waals surface area contributed by atoms with Gasteiger partial charge >= 0.3 is 0 Å². The monoisotopic (exact) mass is 385 g/mol. The second-order valence-electron chi connectivity index (χ2n) is 3.97. The summed E-state index contributed by atoms with van der Waals surface area (Å²) in [6.45, 7) is -0.471. The quantitative estimate of drug-likeness (QED) is 0.306. The van der Waals surface area contributed by atoms with Crippen LogP contribution in [0.15, 0.2) is 11.0 Å². The highest BCUT2D eigenvalue weighted by Gasteiger charge is 2.44. The Balaban J connectivity index is 2.42. The third-order valence-electron chi connectivity index (χ3n) is 2.80. The third kappa shape index (κ3) is 2.59. The molecule has 0 bridgehead atoms. The van der Waals surface area contributed by atoms with Crippen LogP contribution in [0.25, 0.3) is 0 Å². The first-order valence-corrected chi connectivity index (χ1v) is 6.38. The summed E-state index contributed by atoms with van der Waals surface area (Å²) in [5.74, 6) is -0.236. The average Bonchev–Trinajstić information content (AvgIpc) is 2.69. The molecular formula is C9H12IN3O6. The Morgan fingerprint density at radius 3 is 2.68 bits per heavy atom. The van der Waals surface area contributed by atoms with Crippen molar-refractivity contribution in [2.24, 2.45) is 0 Å². The van der Waals surface area contributed by atoms with Crippen LogP contribution in [0.1, 0.15) is 6.23 Å². The fourth-order valence-electron chi connectivity index (χ4n) is 1.83. The molecule has 0 amide bonds. The summed E-state index contributed by atoms with van der Waals surface area (Å²) >= 11 is 1.74. The van der Waals surface area contributed by atoms with Gasteiger partial charge in [-0.3, -0.25) is 14.6 Å². The zero-order valence-electron chi connectivity index (χ0n) is 9.47. The van der Waals surface area contributed by atoms with Gasteiger partial charge in [-0.1, -0.05) is 0 Å². The molecule has 5 N–H and O–H groups in total. The largest absolute Gasteiger partial charge is 0.394 e. The SMILES string of the molecule is O=c1nc(NO)n([C@@H]2O[C@H](CO)[C@@H](O)[C@H]2O)cc1I. The molecule has 0 saturated carbocycles. The molecular weight excluding hydrogens is 373 g/mol. The molecule has 0 radical (unpaired) electrons. The first-order valence-electron chi connectivity index (χ1n) is 5.30. The van der Waals surface area contributed by atoms with E-state index in [4.69, 9.17) is 15.1 Å². The number of rotatable bonds is 3. The number of ether oxygens (including phenoxy) is 1. The van der Waals surface area contributed by atoms with Gasteiger partial charge in [0.05, 0.1) is 10.2 Å². The second kappa shape index (κ2) is 5.68. The highest BCUT2D eigenvalue weighted by molar-refractivity contribution is 14.1. The Labute approximate surface area is 120 Å². The molecule has 1 aliphatic rings. The van der Waals surface area contributed by atoms with E-state index in [1.54, 1.807) is 28.1 Å². The molecule has 2 heterocycles. The van der Waals surface area contributed by atoms with Crippen molar-refractivity contribution in [3.8, 4) is 0 Å². The van der Waals surface area contributed by atoms with E-state index in [0.717, 1.165) is 0 Å². The number of nitrogens with one attached hydrogen (secondary N) is 1. The van der Waals surface area contributed by atoms with Crippen LogP contribution < -0.4 is 11.0 Å². The van der Waals surface area contributed by atoms with Crippen LogP contribution in [0.5, 0.6) is 0 Å². The van der Waals surface area contributed by atoms with Gasteiger partial charge in [-0.25, -0.2) is 5.48 Å². The number of aromatic nitrogens is 2. The number of hydrogen-bond donors (Lipinski definition) is 5. The molecule has 0 spiro atoms. The molecule has 0 unspecified atom stereocenters. The number of halogens is 1. The van der Waals surface area contributed by atoms with Gasteiger partial charge in [0.1, 0.15) is 18.3 Å². The predicted octanol–water partition coefficient (Wildman–Crippen LogP) is -1.74. The normalized spacial score (nSPS) is 30.6. The molecule has 106 valence electrons. The third-order valence-corrected chi connectivity index (χ3v) is 3.54. The first-order chi connectivity index (χ1) is 8.99. The molecule has 1 aromatic heterocycles. The minimum atomic E-state index is -1.33. The summed E-state index contributed by atoms with van der Waals surface area (Å²) < 4.78 is 6.69. The van der Waals surface area contributed by atoms with E-state index in [2.05, 4.69) is 4.98 Å². The van der Waals surface area contributed by atoms with Crippen molar-refractivity contribution in [1.82, 2.24) is 9.55 Å². The maximum absolute atomic E-state index is 11.4. The van der Waals surface area contributed by atoms with Gasteiger partial charge in [-0.05, 0) is 22.6 Å². The fraction of sp³-hybridized carbons (Fsp3) is 0.556. The van der Waals surface area contributed by atoms with Crippen molar-refractivity contribution >= 4 is 28.5 Å². The van der Waals surface area contributed by atoms with Crippen molar-refractivity contribution in [3.05, 3.63) is 20.1 Å². The standard InChI is InChI=1S/C9H12IN3O6/c10-3-1-13(9(12-18)11-7(3)17)8-6(16)5(15)4(2-14)19-8/h1,4-6,8,14-16,18H,2H2,(H,11,12,17)/t4-,5-,6-,8-/m1/s1. The van der Waals surface area contributed by atoms with E-state index >= 15 is 0 Å². The molecule has 19 heavy (non-hydrogen) atoms. The van der Waals surface area contributed by atoms with E-state index in [9.17, 15) is 15.0 Å². The molecule has 10 heteroatoms. The van der Waals surface area contributed by atoms with Gasteiger partial charge in [0.25, 0.3) is 5.56 Å². The zero-order valence-corrected chi connectivity index (χ0v) is 11.6. The van der Waals surface area contributed by atoms with Gasteiger partial charge in [0.15, 0.2) is 6.23 Å². The predicted molar refractivity (Wildman–Crippen MR) is 69.6 cm³/mol. The molecule has 0 aliphatic carbocycles. The average molecular weight is 385 g/mol. The molecule has 2 rings (SSSR count). The number of nitrogens with zero attached hydrogens (tertiary/aromatic N) is 2. The van der Waals surface area contributed by atoms with E-state index in [-0.39, 0.29) is 9.52 Å². The second-order valence-corrected chi connectivity index (χ2v) is 5.13. The van der Waals surface area contributed by atoms with E-state index in [0.29, 0.717) is 0 Å². The van der Waals surface area contributed by atoms with Crippen LogP contribution in [0.4, 0.5) is 5.95 Å². The van der Waals surface area contributed by atoms with Crippen molar-refractivity contribution < 1.29 is 25.3 Å². The lowest BCUT2D eigenvalue weighted by Gasteiger charge is -2.20. The Bertz CT molecular complexity index is 523. The van der Waals surface area contributed by atoms with Gasteiger partial charge in [-0.2, -0.15) is 4.98 Å². The van der Waals surface area contributed by atoms with Crippen LogP contribution in [0.2, 0.25) is 0 Å². The van der Waals surface area contributed by atoms with Crippen LogP contribution in [0, 0.1) is 3.57 Å². The van der Waals surface area contributed by atoms with Gasteiger partial charge in [0.2, 0.25) is 5.95 Å². The van der Waals surface area contributed by atoms with E-state index in [1.807, 2.05) is 0 Å². The van der Waals surface area contributed by atoms with Crippen molar-refractivity contribution in [3.63, 3.8) is 0 Å². The maximum atomic E-state index is 11.4. The van der Waals surface area contributed by atoms with Gasteiger partial charge < -0.3 is 20.1 Å². The van der Waals surface area contributed by atoms with Crippen LogP contribution in [-0.2, 0) is 4.74 Å². The number of aliphatic hydroxyl groups excluding tert-OH is 3.